The van der Waals surface area contributed by atoms with Gasteiger partial charge in [-0.15, -0.1) is 4.28 Å². The van der Waals surface area contributed by atoms with Crippen molar-refractivity contribution in [1.82, 2.24) is 15.4 Å². The summed E-state index contributed by atoms with van der Waals surface area (Å²) >= 11 is 0. The maximum absolute atomic E-state index is 12.3. The molecular weight excluding hydrogens is 356 g/mol. The molecule has 25 heavy (non-hydrogen) atoms. The Bertz CT molecular complexity index is 638. The van der Waals surface area contributed by atoms with Crippen LogP contribution < -0.4 is 11.2 Å². The fraction of sp³-hybridized carbons (Fsp3) is 0.846. The van der Waals surface area contributed by atoms with E-state index >= 15 is 0 Å². The molecule has 3 fully saturated rings. The first-order chi connectivity index (χ1) is 11.8. The molecule has 0 aromatic carbocycles. The third kappa shape index (κ3) is 4.03. The van der Waals surface area contributed by atoms with Crippen molar-refractivity contribution in [3.63, 3.8) is 0 Å². The molecule has 3 atom stereocenters. The van der Waals surface area contributed by atoms with Gasteiger partial charge < -0.3 is 10.6 Å². The Kier molecular flexibility index (Phi) is 5.16. The lowest BCUT2D eigenvalue weighted by atomic mass is 9.80. The average Bonchev–Trinajstić information content (AvgIpc) is 2.69. The van der Waals surface area contributed by atoms with Crippen molar-refractivity contribution in [3.05, 3.63) is 0 Å². The van der Waals surface area contributed by atoms with Gasteiger partial charge in [-0.25, -0.2) is 10.3 Å². The SMILES string of the molecule is NC(CONC(=O)[C@@H]1CC[C@@H]2CN1C(=O)N2OS(=O)(=O)O)C1CCC1. The van der Waals surface area contributed by atoms with Crippen molar-refractivity contribution in [2.75, 3.05) is 13.2 Å². The van der Waals surface area contributed by atoms with Crippen molar-refractivity contribution in [2.24, 2.45) is 11.7 Å². The number of fused-ring (bicyclic) bond motifs is 2. The molecule has 3 aliphatic rings. The largest absolute Gasteiger partial charge is 0.418 e. The second-order valence-electron chi connectivity index (χ2n) is 6.64. The summed E-state index contributed by atoms with van der Waals surface area (Å²) in [7, 11) is -4.81. The van der Waals surface area contributed by atoms with Gasteiger partial charge >= 0.3 is 16.4 Å². The Balaban J connectivity index is 1.51. The first kappa shape index (κ1) is 18.3. The van der Waals surface area contributed by atoms with E-state index in [4.69, 9.17) is 15.1 Å². The van der Waals surface area contributed by atoms with Crippen LogP contribution >= 0.6 is 0 Å². The summed E-state index contributed by atoms with van der Waals surface area (Å²) < 4.78 is 34.7. The fourth-order valence-electron chi connectivity index (χ4n) is 3.39. The van der Waals surface area contributed by atoms with Crippen LogP contribution in [-0.4, -0.2) is 66.1 Å². The number of carbonyl (C=O) groups is 2. The molecule has 2 aliphatic heterocycles. The second kappa shape index (κ2) is 7.03. The Hall–Kier alpha value is -1.47. The molecule has 4 N–H and O–H groups in total. The zero-order valence-electron chi connectivity index (χ0n) is 13.5. The predicted molar refractivity (Wildman–Crippen MR) is 82.8 cm³/mol. The Labute approximate surface area is 145 Å². The van der Waals surface area contributed by atoms with Crippen molar-refractivity contribution < 1.29 is 31.7 Å². The minimum atomic E-state index is -4.81. The third-order valence-corrected chi connectivity index (χ3v) is 5.35. The van der Waals surface area contributed by atoms with Gasteiger partial charge in [0.2, 0.25) is 0 Å². The monoisotopic (exact) mass is 378 g/mol. The topological polar surface area (TPSA) is 151 Å². The summed E-state index contributed by atoms with van der Waals surface area (Å²) in [6.45, 7) is 0.325. The fourth-order valence-corrected chi connectivity index (χ4v) is 3.77. The van der Waals surface area contributed by atoms with Gasteiger partial charge in [0.05, 0.1) is 12.6 Å². The quantitative estimate of drug-likeness (QED) is 0.383. The molecule has 3 amide bonds. The molecule has 12 heteroatoms. The van der Waals surface area contributed by atoms with E-state index in [9.17, 15) is 18.0 Å². The molecule has 0 radical (unpaired) electrons. The van der Waals surface area contributed by atoms with Gasteiger partial charge in [0, 0.05) is 12.6 Å². The van der Waals surface area contributed by atoms with Gasteiger partial charge in [0.25, 0.3) is 5.91 Å². The highest BCUT2D eigenvalue weighted by molar-refractivity contribution is 7.80. The van der Waals surface area contributed by atoms with Crippen LogP contribution in [0.15, 0.2) is 0 Å². The van der Waals surface area contributed by atoms with E-state index in [0.29, 0.717) is 23.8 Å². The summed E-state index contributed by atoms with van der Waals surface area (Å²) in [5.41, 5.74) is 8.27. The molecule has 1 aliphatic carbocycles. The van der Waals surface area contributed by atoms with Crippen LogP contribution in [0.3, 0.4) is 0 Å². The molecule has 0 spiro atoms. The number of hydroxylamine groups is 3. The van der Waals surface area contributed by atoms with E-state index in [1.165, 1.54) is 4.90 Å². The van der Waals surface area contributed by atoms with E-state index in [0.717, 1.165) is 19.3 Å². The summed E-state index contributed by atoms with van der Waals surface area (Å²) in [4.78, 5) is 30.8. The molecule has 2 bridgehead atoms. The van der Waals surface area contributed by atoms with Gasteiger partial charge in [-0.05, 0) is 31.6 Å². The van der Waals surface area contributed by atoms with Gasteiger partial charge in [-0.1, -0.05) is 6.42 Å². The maximum Gasteiger partial charge on any atom is 0.418 e. The van der Waals surface area contributed by atoms with Crippen LogP contribution in [0.5, 0.6) is 0 Å². The average molecular weight is 378 g/mol. The van der Waals surface area contributed by atoms with Crippen LogP contribution in [0.1, 0.15) is 32.1 Å². The summed E-state index contributed by atoms with van der Waals surface area (Å²) in [6, 6.07) is -2.26. The van der Waals surface area contributed by atoms with Crippen LogP contribution in [0.2, 0.25) is 0 Å². The number of hydrogen-bond donors (Lipinski definition) is 3. The molecule has 2 heterocycles. The predicted octanol–water partition coefficient (Wildman–Crippen LogP) is -0.835. The Morgan fingerprint density at radius 1 is 1.36 bits per heavy atom. The maximum atomic E-state index is 12.3. The van der Waals surface area contributed by atoms with E-state index < -0.39 is 34.4 Å². The molecule has 11 nitrogen and oxygen atoms in total. The number of urea groups is 1. The lowest BCUT2D eigenvalue weighted by Crippen LogP contribution is -2.50. The zero-order chi connectivity index (χ0) is 18.2. The molecule has 142 valence electrons. The second-order valence-corrected chi connectivity index (χ2v) is 7.65. The van der Waals surface area contributed by atoms with Gasteiger partial charge in [0.1, 0.15) is 6.04 Å². The lowest BCUT2D eigenvalue weighted by Gasteiger charge is -2.31. The minimum Gasteiger partial charge on any atom is -0.325 e. The van der Waals surface area contributed by atoms with Crippen molar-refractivity contribution in [2.45, 2.75) is 50.2 Å². The smallest absolute Gasteiger partial charge is 0.325 e. The number of piperidine rings is 1. The molecule has 1 unspecified atom stereocenters. The Morgan fingerprint density at radius 3 is 2.68 bits per heavy atom. The van der Waals surface area contributed by atoms with E-state index in [1.54, 1.807) is 0 Å². The standard InChI is InChI=1S/C13H22N4O7S/c14-10(8-2-1-3-8)7-23-15-12(18)11-5-4-9-6-16(11)13(19)17(9)24-25(20,21)22/h8-11H,1-7,14H2,(H,15,18)(H,20,21,22)/t9-,10?,11+/m1/s1. The molecule has 0 aromatic rings. The summed E-state index contributed by atoms with van der Waals surface area (Å²) in [5, 5.41) is 0.593. The Morgan fingerprint density at radius 2 is 2.08 bits per heavy atom. The van der Waals surface area contributed by atoms with Gasteiger partial charge in [-0.3, -0.25) is 14.2 Å². The molecule has 2 saturated heterocycles. The third-order valence-electron chi connectivity index (χ3n) is 5.00. The number of rotatable bonds is 7. The molecule has 0 aromatic heterocycles. The highest BCUT2D eigenvalue weighted by Crippen LogP contribution is 2.31. The van der Waals surface area contributed by atoms with Crippen molar-refractivity contribution in [1.29, 1.82) is 0 Å². The van der Waals surface area contributed by atoms with Crippen molar-refractivity contribution >= 4 is 22.3 Å². The zero-order valence-corrected chi connectivity index (χ0v) is 14.4. The minimum absolute atomic E-state index is 0.133. The molecule has 1 saturated carbocycles. The van der Waals surface area contributed by atoms with E-state index in [1.807, 2.05) is 0 Å². The number of carbonyl (C=O) groups excluding carboxylic acids is 2. The first-order valence-electron chi connectivity index (χ1n) is 8.20. The summed E-state index contributed by atoms with van der Waals surface area (Å²) in [5.74, 6) is -0.0834. The van der Waals surface area contributed by atoms with Crippen LogP contribution in [0.25, 0.3) is 0 Å². The van der Waals surface area contributed by atoms with Gasteiger partial charge in [0.15, 0.2) is 0 Å². The highest BCUT2D eigenvalue weighted by atomic mass is 32.3. The summed E-state index contributed by atoms with van der Waals surface area (Å²) in [6.07, 6.45) is 3.97. The molecule has 3 rings (SSSR count). The van der Waals surface area contributed by atoms with E-state index in [-0.39, 0.29) is 19.2 Å². The lowest BCUT2D eigenvalue weighted by molar-refractivity contribution is -0.139. The number of nitrogens with one attached hydrogen (secondary N) is 1. The number of amides is 3. The highest BCUT2D eigenvalue weighted by Gasteiger charge is 2.49. The number of nitrogens with two attached hydrogens (primary N) is 1. The number of nitrogens with zero attached hydrogens (tertiary/aromatic N) is 2. The first-order valence-corrected chi connectivity index (χ1v) is 9.57. The van der Waals surface area contributed by atoms with Crippen LogP contribution in [0.4, 0.5) is 4.79 Å². The number of hydrogen-bond acceptors (Lipinski definition) is 7. The van der Waals surface area contributed by atoms with E-state index in [2.05, 4.69) is 9.76 Å². The van der Waals surface area contributed by atoms with Crippen molar-refractivity contribution in [3.8, 4) is 0 Å². The van der Waals surface area contributed by atoms with Crippen LogP contribution in [0, 0.1) is 5.92 Å². The normalized spacial score (nSPS) is 28.0. The molecular formula is C13H22N4O7S. The van der Waals surface area contributed by atoms with Crippen LogP contribution in [-0.2, 0) is 24.3 Å². The van der Waals surface area contributed by atoms with Gasteiger partial charge in [-0.2, -0.15) is 13.5 Å².